The van der Waals surface area contributed by atoms with E-state index in [2.05, 4.69) is 4.98 Å². The van der Waals surface area contributed by atoms with Gasteiger partial charge in [-0.3, -0.25) is 4.57 Å². The van der Waals surface area contributed by atoms with Crippen molar-refractivity contribution in [2.75, 3.05) is 0 Å². The molecule has 0 atom stereocenters. The second kappa shape index (κ2) is 3.87. The molecule has 5 heteroatoms. The number of nitrogens with one attached hydrogen (secondary N) is 1. The van der Waals surface area contributed by atoms with Gasteiger partial charge >= 0.3 is 11.7 Å². The van der Waals surface area contributed by atoms with Gasteiger partial charge < -0.3 is 10.1 Å². The Labute approximate surface area is 103 Å². The standard InChI is InChI=1S/C13H12N2O3/c16-12(17)11-10(8-6-7-8)14-13(18)15(11)9-4-2-1-3-5-9/h1-5,8H,6-7H2,(H,14,18)(H,16,17). The molecule has 1 aliphatic carbocycles. The highest BCUT2D eigenvalue weighted by Gasteiger charge is 2.33. The van der Waals surface area contributed by atoms with Gasteiger partial charge in [-0.2, -0.15) is 0 Å². The number of benzene rings is 1. The van der Waals surface area contributed by atoms with Gasteiger partial charge in [-0.25, -0.2) is 9.59 Å². The molecule has 2 N–H and O–H groups in total. The largest absolute Gasteiger partial charge is 0.477 e. The number of H-pyrrole nitrogens is 1. The molecule has 0 spiro atoms. The zero-order valence-electron chi connectivity index (χ0n) is 9.59. The van der Waals surface area contributed by atoms with E-state index in [1.807, 2.05) is 6.07 Å². The summed E-state index contributed by atoms with van der Waals surface area (Å²) in [4.78, 5) is 26.0. The van der Waals surface area contributed by atoms with E-state index in [4.69, 9.17) is 0 Å². The van der Waals surface area contributed by atoms with Crippen LogP contribution in [0, 0.1) is 0 Å². The number of nitrogens with zero attached hydrogens (tertiary/aromatic N) is 1. The van der Waals surface area contributed by atoms with Crippen molar-refractivity contribution in [1.29, 1.82) is 0 Å². The third-order valence-corrected chi connectivity index (χ3v) is 3.13. The van der Waals surface area contributed by atoms with E-state index in [0.717, 1.165) is 12.8 Å². The smallest absolute Gasteiger partial charge is 0.354 e. The van der Waals surface area contributed by atoms with E-state index in [1.165, 1.54) is 4.57 Å². The number of carboxylic acids is 1. The Balaban J connectivity index is 2.25. The zero-order valence-corrected chi connectivity index (χ0v) is 9.59. The lowest BCUT2D eigenvalue weighted by atomic mass is 10.2. The zero-order chi connectivity index (χ0) is 12.7. The number of para-hydroxylation sites is 1. The molecule has 92 valence electrons. The van der Waals surface area contributed by atoms with Crippen LogP contribution in [0.15, 0.2) is 35.1 Å². The van der Waals surface area contributed by atoms with Crippen LogP contribution in [-0.2, 0) is 0 Å². The van der Waals surface area contributed by atoms with Gasteiger partial charge in [0.15, 0.2) is 5.69 Å². The summed E-state index contributed by atoms with van der Waals surface area (Å²) >= 11 is 0. The number of aromatic carboxylic acids is 1. The number of aromatic amines is 1. The van der Waals surface area contributed by atoms with Gasteiger partial charge in [-0.15, -0.1) is 0 Å². The van der Waals surface area contributed by atoms with Crippen LogP contribution in [-0.4, -0.2) is 20.6 Å². The average Bonchev–Trinajstić information content (AvgIpc) is 3.13. The molecule has 1 aliphatic rings. The number of aromatic nitrogens is 2. The van der Waals surface area contributed by atoms with E-state index in [-0.39, 0.29) is 17.3 Å². The van der Waals surface area contributed by atoms with Gasteiger partial charge in [0.2, 0.25) is 0 Å². The third kappa shape index (κ3) is 1.64. The number of imidazole rings is 1. The van der Waals surface area contributed by atoms with E-state index in [0.29, 0.717) is 11.4 Å². The minimum atomic E-state index is -1.07. The Kier molecular flexibility index (Phi) is 2.33. The van der Waals surface area contributed by atoms with E-state index >= 15 is 0 Å². The molecule has 1 heterocycles. The lowest BCUT2D eigenvalue weighted by Gasteiger charge is -2.04. The van der Waals surface area contributed by atoms with Gasteiger partial charge in [0.05, 0.1) is 11.4 Å². The number of hydrogen-bond donors (Lipinski definition) is 2. The average molecular weight is 244 g/mol. The van der Waals surface area contributed by atoms with Crippen LogP contribution in [0.4, 0.5) is 0 Å². The highest BCUT2D eigenvalue weighted by atomic mass is 16.4. The molecule has 0 radical (unpaired) electrons. The number of carboxylic acid groups (broad SMARTS) is 1. The normalized spacial score (nSPS) is 14.7. The van der Waals surface area contributed by atoms with Crippen LogP contribution in [0.1, 0.15) is 34.9 Å². The quantitative estimate of drug-likeness (QED) is 0.863. The summed E-state index contributed by atoms with van der Waals surface area (Å²) in [5.74, 6) is -0.882. The molecule has 2 aromatic rings. The van der Waals surface area contributed by atoms with Gasteiger partial charge in [-0.1, -0.05) is 18.2 Å². The molecule has 5 nitrogen and oxygen atoms in total. The molecule has 1 aromatic heterocycles. The Hall–Kier alpha value is -2.30. The summed E-state index contributed by atoms with van der Waals surface area (Å²) in [6.07, 6.45) is 1.88. The van der Waals surface area contributed by atoms with Crippen molar-refractivity contribution in [3.63, 3.8) is 0 Å². The predicted molar refractivity (Wildman–Crippen MR) is 65.3 cm³/mol. The maximum Gasteiger partial charge on any atom is 0.354 e. The Morgan fingerprint density at radius 1 is 1.28 bits per heavy atom. The number of rotatable bonds is 3. The van der Waals surface area contributed by atoms with Crippen LogP contribution in [0.3, 0.4) is 0 Å². The topological polar surface area (TPSA) is 75.1 Å². The second-order valence-electron chi connectivity index (χ2n) is 4.44. The molecule has 0 bridgehead atoms. The summed E-state index contributed by atoms with van der Waals surface area (Å²) in [7, 11) is 0. The molecule has 18 heavy (non-hydrogen) atoms. The fourth-order valence-corrected chi connectivity index (χ4v) is 2.15. The fraction of sp³-hybridized carbons (Fsp3) is 0.231. The Morgan fingerprint density at radius 3 is 2.50 bits per heavy atom. The van der Waals surface area contributed by atoms with Crippen molar-refractivity contribution in [3.05, 3.63) is 52.2 Å². The van der Waals surface area contributed by atoms with Crippen LogP contribution < -0.4 is 5.69 Å². The summed E-state index contributed by atoms with van der Waals surface area (Å²) in [5, 5.41) is 9.32. The monoisotopic (exact) mass is 244 g/mol. The first-order valence-electron chi connectivity index (χ1n) is 5.82. The van der Waals surface area contributed by atoms with Crippen molar-refractivity contribution >= 4 is 5.97 Å². The lowest BCUT2D eigenvalue weighted by molar-refractivity contribution is 0.0686. The minimum absolute atomic E-state index is 0.0636. The third-order valence-electron chi connectivity index (χ3n) is 3.13. The predicted octanol–water partition coefficient (Wildman–Crippen LogP) is 1.74. The first-order chi connectivity index (χ1) is 8.68. The van der Waals surface area contributed by atoms with Crippen LogP contribution in [0.2, 0.25) is 0 Å². The van der Waals surface area contributed by atoms with Crippen LogP contribution >= 0.6 is 0 Å². The molecule has 1 fully saturated rings. The molecule has 0 aliphatic heterocycles. The first-order valence-corrected chi connectivity index (χ1v) is 5.82. The molecule has 0 unspecified atom stereocenters. The van der Waals surface area contributed by atoms with Crippen LogP contribution in [0.25, 0.3) is 5.69 Å². The minimum Gasteiger partial charge on any atom is -0.477 e. The van der Waals surface area contributed by atoms with Gasteiger partial charge in [-0.05, 0) is 25.0 Å². The summed E-state index contributed by atoms with van der Waals surface area (Å²) in [6, 6.07) is 8.81. The van der Waals surface area contributed by atoms with E-state index < -0.39 is 5.97 Å². The van der Waals surface area contributed by atoms with Gasteiger partial charge in [0.1, 0.15) is 0 Å². The van der Waals surface area contributed by atoms with Crippen LogP contribution in [0.5, 0.6) is 0 Å². The molecule has 1 saturated carbocycles. The summed E-state index contributed by atoms with van der Waals surface area (Å²) in [5.41, 5.74) is 0.800. The molecular weight excluding hydrogens is 232 g/mol. The maximum atomic E-state index is 11.9. The highest BCUT2D eigenvalue weighted by molar-refractivity contribution is 5.88. The summed E-state index contributed by atoms with van der Waals surface area (Å²) < 4.78 is 1.23. The van der Waals surface area contributed by atoms with Gasteiger partial charge in [0.25, 0.3) is 0 Å². The molecular formula is C13H12N2O3. The SMILES string of the molecule is O=C(O)c1c(C2CC2)[nH]c(=O)n1-c1ccccc1. The first kappa shape index (κ1) is 10.8. The molecule has 1 aromatic carbocycles. The van der Waals surface area contributed by atoms with E-state index in [9.17, 15) is 14.7 Å². The number of hydrogen-bond acceptors (Lipinski definition) is 2. The van der Waals surface area contributed by atoms with Crippen molar-refractivity contribution in [3.8, 4) is 5.69 Å². The van der Waals surface area contributed by atoms with Crippen molar-refractivity contribution in [2.45, 2.75) is 18.8 Å². The summed E-state index contributed by atoms with van der Waals surface area (Å²) in [6.45, 7) is 0. The van der Waals surface area contributed by atoms with Crippen molar-refractivity contribution in [2.24, 2.45) is 0 Å². The lowest BCUT2D eigenvalue weighted by Crippen LogP contribution is -2.19. The Bertz CT molecular complexity index is 651. The maximum absolute atomic E-state index is 11.9. The second-order valence-corrected chi connectivity index (χ2v) is 4.44. The number of carbonyl (C=O) groups is 1. The highest BCUT2D eigenvalue weighted by Crippen LogP contribution is 2.40. The fourth-order valence-electron chi connectivity index (χ4n) is 2.15. The Morgan fingerprint density at radius 2 is 1.94 bits per heavy atom. The molecule has 3 rings (SSSR count). The van der Waals surface area contributed by atoms with E-state index in [1.54, 1.807) is 24.3 Å². The van der Waals surface area contributed by atoms with Crippen molar-refractivity contribution < 1.29 is 9.90 Å². The van der Waals surface area contributed by atoms with Gasteiger partial charge in [0, 0.05) is 5.92 Å². The van der Waals surface area contributed by atoms with Crippen molar-refractivity contribution in [1.82, 2.24) is 9.55 Å². The molecule has 0 saturated heterocycles. The molecule has 0 amide bonds.